The van der Waals surface area contributed by atoms with E-state index in [1.807, 2.05) is 31.2 Å². The summed E-state index contributed by atoms with van der Waals surface area (Å²) in [6.45, 7) is 1.92. The molecule has 0 aliphatic heterocycles. The number of halogens is 1. The predicted octanol–water partition coefficient (Wildman–Crippen LogP) is 2.88. The fourth-order valence-electron chi connectivity index (χ4n) is 1.32. The molecule has 3 N–H and O–H groups in total. The molecule has 1 aromatic heterocycles. The summed E-state index contributed by atoms with van der Waals surface area (Å²) in [7, 11) is 0. The number of hydrogen-bond donors (Lipinski definition) is 2. The molecule has 6 heteroatoms. The average Bonchev–Trinajstić information content (AvgIpc) is 2.32. The number of benzene rings is 1. The Morgan fingerprint density at radius 2 is 2.18 bits per heavy atom. The standard InChI is InChI=1S/C11H11ClN4S/c1-7-10(16-13)14-6-15-11(7)17-9-4-2-3-8(12)5-9/h2-6H,13H2,1H3,(H,14,15,16). The van der Waals surface area contributed by atoms with Gasteiger partial charge in [0.1, 0.15) is 17.2 Å². The van der Waals surface area contributed by atoms with Crippen molar-refractivity contribution in [2.24, 2.45) is 5.84 Å². The zero-order valence-electron chi connectivity index (χ0n) is 9.14. The highest BCUT2D eigenvalue weighted by atomic mass is 35.5. The zero-order chi connectivity index (χ0) is 12.3. The third kappa shape index (κ3) is 2.88. The van der Waals surface area contributed by atoms with Crippen molar-refractivity contribution >= 4 is 29.2 Å². The smallest absolute Gasteiger partial charge is 0.147 e. The molecule has 0 saturated heterocycles. The number of nitrogens with zero attached hydrogens (tertiary/aromatic N) is 2. The Morgan fingerprint density at radius 1 is 1.35 bits per heavy atom. The molecule has 88 valence electrons. The molecule has 2 aromatic rings. The van der Waals surface area contributed by atoms with Crippen LogP contribution < -0.4 is 11.3 Å². The SMILES string of the molecule is Cc1c(NN)ncnc1Sc1cccc(Cl)c1. The van der Waals surface area contributed by atoms with E-state index in [2.05, 4.69) is 15.4 Å². The number of anilines is 1. The van der Waals surface area contributed by atoms with E-state index in [1.54, 1.807) is 0 Å². The number of nitrogen functional groups attached to an aromatic ring is 1. The summed E-state index contributed by atoms with van der Waals surface area (Å²) in [4.78, 5) is 9.28. The van der Waals surface area contributed by atoms with E-state index in [1.165, 1.54) is 18.1 Å². The number of hydrazine groups is 1. The van der Waals surface area contributed by atoms with E-state index >= 15 is 0 Å². The lowest BCUT2D eigenvalue weighted by Gasteiger charge is -2.08. The number of rotatable bonds is 3. The molecule has 0 unspecified atom stereocenters. The van der Waals surface area contributed by atoms with Gasteiger partial charge in [-0.1, -0.05) is 29.4 Å². The molecule has 4 nitrogen and oxygen atoms in total. The summed E-state index contributed by atoms with van der Waals surface area (Å²) in [5, 5.41) is 1.56. The number of nitrogens with two attached hydrogens (primary N) is 1. The van der Waals surface area contributed by atoms with Crippen LogP contribution in [-0.2, 0) is 0 Å². The van der Waals surface area contributed by atoms with Gasteiger partial charge < -0.3 is 5.43 Å². The van der Waals surface area contributed by atoms with E-state index in [9.17, 15) is 0 Å². The van der Waals surface area contributed by atoms with Crippen molar-refractivity contribution in [3.8, 4) is 0 Å². The van der Waals surface area contributed by atoms with E-state index in [0.29, 0.717) is 10.8 Å². The minimum Gasteiger partial charge on any atom is -0.308 e. The van der Waals surface area contributed by atoms with Crippen molar-refractivity contribution in [3.05, 3.63) is 41.2 Å². The molecule has 0 aliphatic rings. The van der Waals surface area contributed by atoms with Gasteiger partial charge in [-0.05, 0) is 25.1 Å². The largest absolute Gasteiger partial charge is 0.308 e. The van der Waals surface area contributed by atoms with Crippen LogP contribution in [-0.4, -0.2) is 9.97 Å². The molecule has 0 bridgehead atoms. The van der Waals surface area contributed by atoms with Crippen LogP contribution in [0.15, 0.2) is 40.5 Å². The Balaban J connectivity index is 2.30. The highest BCUT2D eigenvalue weighted by Gasteiger charge is 2.07. The quantitative estimate of drug-likeness (QED) is 0.508. The van der Waals surface area contributed by atoms with Gasteiger partial charge in [-0.2, -0.15) is 0 Å². The molecule has 1 heterocycles. The lowest BCUT2D eigenvalue weighted by Crippen LogP contribution is -2.10. The maximum Gasteiger partial charge on any atom is 0.147 e. The molecular weight excluding hydrogens is 256 g/mol. The predicted molar refractivity (Wildman–Crippen MR) is 70.2 cm³/mol. The second kappa shape index (κ2) is 5.35. The van der Waals surface area contributed by atoms with E-state index in [0.717, 1.165) is 15.5 Å². The first-order valence-corrected chi connectivity index (χ1v) is 6.12. The Kier molecular flexibility index (Phi) is 3.83. The van der Waals surface area contributed by atoms with Crippen LogP contribution in [0.25, 0.3) is 0 Å². The molecule has 0 spiro atoms. The van der Waals surface area contributed by atoms with E-state index in [-0.39, 0.29) is 0 Å². The maximum absolute atomic E-state index is 5.93. The first-order chi connectivity index (χ1) is 8.20. The second-order valence-electron chi connectivity index (χ2n) is 3.36. The number of nitrogens with one attached hydrogen (secondary N) is 1. The summed E-state index contributed by atoms with van der Waals surface area (Å²) < 4.78 is 0. The van der Waals surface area contributed by atoms with Crippen molar-refractivity contribution < 1.29 is 0 Å². The molecule has 0 atom stereocenters. The molecule has 2 rings (SSSR count). The Morgan fingerprint density at radius 3 is 2.88 bits per heavy atom. The van der Waals surface area contributed by atoms with Crippen LogP contribution >= 0.6 is 23.4 Å². The molecule has 1 aromatic carbocycles. The minimum atomic E-state index is 0.629. The van der Waals surface area contributed by atoms with Gasteiger partial charge in [0.15, 0.2) is 0 Å². The van der Waals surface area contributed by atoms with Crippen LogP contribution in [0.4, 0.5) is 5.82 Å². The fraction of sp³-hybridized carbons (Fsp3) is 0.0909. The minimum absolute atomic E-state index is 0.629. The Labute approximate surface area is 109 Å². The number of hydrogen-bond acceptors (Lipinski definition) is 5. The summed E-state index contributed by atoms with van der Waals surface area (Å²) in [6, 6.07) is 7.62. The van der Waals surface area contributed by atoms with Gasteiger partial charge in [0.05, 0.1) is 0 Å². The normalized spacial score (nSPS) is 10.3. The van der Waals surface area contributed by atoms with Crippen molar-refractivity contribution in [1.29, 1.82) is 0 Å². The van der Waals surface area contributed by atoms with Gasteiger partial charge in [0, 0.05) is 15.5 Å². The highest BCUT2D eigenvalue weighted by Crippen LogP contribution is 2.31. The molecule has 0 amide bonds. The highest BCUT2D eigenvalue weighted by molar-refractivity contribution is 7.99. The number of aromatic nitrogens is 2. The van der Waals surface area contributed by atoms with Crippen molar-refractivity contribution in [2.45, 2.75) is 16.8 Å². The molecule has 0 saturated carbocycles. The van der Waals surface area contributed by atoms with Crippen LogP contribution in [0.1, 0.15) is 5.56 Å². The first-order valence-electron chi connectivity index (χ1n) is 4.92. The molecule has 0 radical (unpaired) electrons. The molecule has 0 aliphatic carbocycles. The van der Waals surface area contributed by atoms with Gasteiger partial charge in [-0.15, -0.1) is 0 Å². The van der Waals surface area contributed by atoms with Crippen LogP contribution in [0.5, 0.6) is 0 Å². The van der Waals surface area contributed by atoms with Gasteiger partial charge in [0.25, 0.3) is 0 Å². The lowest BCUT2D eigenvalue weighted by molar-refractivity contribution is 0.996. The fourth-order valence-corrected chi connectivity index (χ4v) is 2.48. The molecular formula is C11H11ClN4S. The lowest BCUT2D eigenvalue weighted by atomic mass is 10.3. The van der Waals surface area contributed by atoms with Crippen LogP contribution in [0.3, 0.4) is 0 Å². The topological polar surface area (TPSA) is 63.8 Å². The summed E-state index contributed by atoms with van der Waals surface area (Å²) in [5.74, 6) is 6.00. The first kappa shape index (κ1) is 12.2. The monoisotopic (exact) mass is 266 g/mol. The third-order valence-corrected chi connectivity index (χ3v) is 3.51. The summed E-state index contributed by atoms with van der Waals surface area (Å²) in [5.41, 5.74) is 3.46. The Hall–Kier alpha value is -1.30. The molecule has 0 fully saturated rings. The van der Waals surface area contributed by atoms with E-state index < -0.39 is 0 Å². The van der Waals surface area contributed by atoms with Crippen molar-refractivity contribution in [3.63, 3.8) is 0 Å². The third-order valence-electron chi connectivity index (χ3n) is 2.19. The second-order valence-corrected chi connectivity index (χ2v) is 4.85. The average molecular weight is 267 g/mol. The van der Waals surface area contributed by atoms with Crippen molar-refractivity contribution in [2.75, 3.05) is 5.43 Å². The van der Waals surface area contributed by atoms with Crippen LogP contribution in [0, 0.1) is 6.92 Å². The van der Waals surface area contributed by atoms with Gasteiger partial charge >= 0.3 is 0 Å². The van der Waals surface area contributed by atoms with Crippen molar-refractivity contribution in [1.82, 2.24) is 9.97 Å². The van der Waals surface area contributed by atoms with Gasteiger partial charge in [-0.25, -0.2) is 15.8 Å². The Bertz CT molecular complexity index is 533. The van der Waals surface area contributed by atoms with Gasteiger partial charge in [0.2, 0.25) is 0 Å². The maximum atomic E-state index is 5.93. The van der Waals surface area contributed by atoms with E-state index in [4.69, 9.17) is 17.4 Å². The summed E-state index contributed by atoms with van der Waals surface area (Å²) >= 11 is 7.46. The zero-order valence-corrected chi connectivity index (χ0v) is 10.7. The molecule has 17 heavy (non-hydrogen) atoms. The summed E-state index contributed by atoms with van der Waals surface area (Å²) in [6.07, 6.45) is 1.48. The van der Waals surface area contributed by atoms with Gasteiger partial charge in [-0.3, -0.25) is 0 Å². The van der Waals surface area contributed by atoms with Crippen LogP contribution in [0.2, 0.25) is 5.02 Å².